The molecule has 0 aliphatic rings. The molecule has 2 rings (SSSR count). The van der Waals surface area contributed by atoms with Crippen molar-refractivity contribution in [1.29, 1.82) is 0 Å². The normalized spacial score (nSPS) is 12.9. The molecule has 29 heavy (non-hydrogen) atoms. The Hall–Kier alpha value is -2.69. The van der Waals surface area contributed by atoms with Crippen molar-refractivity contribution in [2.24, 2.45) is 0 Å². The quantitative estimate of drug-likeness (QED) is 0.681. The van der Waals surface area contributed by atoms with E-state index in [1.165, 1.54) is 12.1 Å². The van der Waals surface area contributed by atoms with E-state index in [0.29, 0.717) is 13.0 Å². The van der Waals surface area contributed by atoms with E-state index in [1.54, 1.807) is 17.0 Å². The lowest BCUT2D eigenvalue weighted by Crippen LogP contribution is -2.51. The summed E-state index contributed by atoms with van der Waals surface area (Å²) in [5.41, 5.74) is 2.81. The molecule has 2 aromatic rings. The number of hydrogen-bond acceptors (Lipinski definition) is 2. The molecular weight excluding hydrogens is 367 g/mol. The molecule has 1 N–H and O–H groups in total. The minimum Gasteiger partial charge on any atom is -0.352 e. The molecule has 0 aromatic heterocycles. The maximum atomic E-state index is 13.2. The van der Waals surface area contributed by atoms with Crippen molar-refractivity contribution in [2.45, 2.75) is 65.6 Å². The highest BCUT2D eigenvalue weighted by molar-refractivity contribution is 5.88. The van der Waals surface area contributed by atoms with E-state index in [0.717, 1.165) is 23.1 Å². The first-order chi connectivity index (χ1) is 13.8. The molecule has 0 heterocycles. The van der Waals surface area contributed by atoms with Gasteiger partial charge in [0, 0.05) is 12.6 Å². The van der Waals surface area contributed by atoms with Crippen LogP contribution in [-0.2, 0) is 22.6 Å². The number of benzene rings is 2. The second-order valence-electron chi connectivity index (χ2n) is 7.49. The van der Waals surface area contributed by atoms with Crippen LogP contribution < -0.4 is 5.32 Å². The van der Waals surface area contributed by atoms with E-state index in [-0.39, 0.29) is 30.1 Å². The summed E-state index contributed by atoms with van der Waals surface area (Å²) in [5, 5.41) is 3.01. The number of amides is 2. The predicted molar refractivity (Wildman–Crippen MR) is 114 cm³/mol. The van der Waals surface area contributed by atoms with Gasteiger partial charge in [0.05, 0.1) is 6.42 Å². The SMILES string of the molecule is CC[C@H](C)NC(=O)[C@H](CC)N(Cc1ccccc1C)C(=O)Cc1ccc(F)cc1. The van der Waals surface area contributed by atoms with E-state index in [4.69, 9.17) is 0 Å². The van der Waals surface area contributed by atoms with Crippen molar-refractivity contribution < 1.29 is 14.0 Å². The lowest BCUT2D eigenvalue weighted by Gasteiger charge is -2.32. The lowest BCUT2D eigenvalue weighted by molar-refractivity contribution is -0.141. The minimum absolute atomic E-state index is 0.0454. The van der Waals surface area contributed by atoms with Crippen LogP contribution in [0.3, 0.4) is 0 Å². The zero-order chi connectivity index (χ0) is 21.4. The molecule has 0 unspecified atom stereocenters. The topological polar surface area (TPSA) is 49.4 Å². The summed E-state index contributed by atoms with van der Waals surface area (Å²) in [6.45, 7) is 8.24. The lowest BCUT2D eigenvalue weighted by atomic mass is 10.0. The van der Waals surface area contributed by atoms with Gasteiger partial charge in [-0.2, -0.15) is 0 Å². The predicted octanol–water partition coefficient (Wildman–Crippen LogP) is 4.40. The highest BCUT2D eigenvalue weighted by Crippen LogP contribution is 2.17. The van der Waals surface area contributed by atoms with Crippen molar-refractivity contribution in [1.82, 2.24) is 10.2 Å². The third-order valence-electron chi connectivity index (χ3n) is 5.26. The van der Waals surface area contributed by atoms with Crippen LogP contribution in [0.1, 0.15) is 50.3 Å². The number of aryl methyl sites for hydroxylation is 1. The fourth-order valence-electron chi connectivity index (χ4n) is 3.21. The van der Waals surface area contributed by atoms with Gasteiger partial charge >= 0.3 is 0 Å². The molecule has 0 saturated heterocycles. The van der Waals surface area contributed by atoms with Gasteiger partial charge in [-0.3, -0.25) is 9.59 Å². The first-order valence-corrected chi connectivity index (χ1v) is 10.2. The molecular formula is C24H31FN2O2. The highest BCUT2D eigenvalue weighted by Gasteiger charge is 2.29. The standard InChI is InChI=1S/C24H31FN2O2/c1-5-18(4)26-24(29)22(6-2)27(16-20-10-8-7-9-17(20)3)23(28)15-19-11-13-21(25)14-12-19/h7-14,18,22H,5-6,15-16H2,1-4H3,(H,26,29)/t18-,22-/m0/s1. The summed E-state index contributed by atoms with van der Waals surface area (Å²) >= 11 is 0. The maximum absolute atomic E-state index is 13.2. The number of nitrogens with one attached hydrogen (secondary N) is 1. The van der Waals surface area contributed by atoms with Gasteiger partial charge in [0.25, 0.3) is 0 Å². The van der Waals surface area contributed by atoms with Crippen LogP contribution in [0.25, 0.3) is 0 Å². The number of rotatable bonds is 9. The van der Waals surface area contributed by atoms with Gasteiger partial charge in [-0.05, 0) is 55.5 Å². The fourth-order valence-corrected chi connectivity index (χ4v) is 3.21. The average Bonchev–Trinajstić information content (AvgIpc) is 2.70. The maximum Gasteiger partial charge on any atom is 0.243 e. The molecule has 0 aliphatic carbocycles. The summed E-state index contributed by atoms with van der Waals surface area (Å²) in [7, 11) is 0. The Balaban J connectivity index is 2.30. The monoisotopic (exact) mass is 398 g/mol. The highest BCUT2D eigenvalue weighted by atomic mass is 19.1. The van der Waals surface area contributed by atoms with Gasteiger partial charge in [-0.1, -0.05) is 50.2 Å². The molecule has 0 aliphatic heterocycles. The second kappa shape index (κ2) is 10.7. The number of carbonyl (C=O) groups excluding carboxylic acids is 2. The smallest absolute Gasteiger partial charge is 0.243 e. The Morgan fingerprint density at radius 1 is 1.03 bits per heavy atom. The van der Waals surface area contributed by atoms with E-state index >= 15 is 0 Å². The van der Waals surface area contributed by atoms with Crippen LogP contribution in [0.4, 0.5) is 4.39 Å². The molecule has 0 bridgehead atoms. The first-order valence-electron chi connectivity index (χ1n) is 10.2. The van der Waals surface area contributed by atoms with Gasteiger partial charge in [0.2, 0.25) is 11.8 Å². The molecule has 0 fully saturated rings. The summed E-state index contributed by atoms with van der Waals surface area (Å²) in [4.78, 5) is 27.8. The van der Waals surface area contributed by atoms with E-state index < -0.39 is 6.04 Å². The molecule has 4 nitrogen and oxygen atoms in total. The number of hydrogen-bond donors (Lipinski definition) is 1. The second-order valence-corrected chi connectivity index (χ2v) is 7.49. The third-order valence-corrected chi connectivity index (χ3v) is 5.26. The average molecular weight is 399 g/mol. The molecule has 0 spiro atoms. The zero-order valence-electron chi connectivity index (χ0n) is 17.7. The minimum atomic E-state index is -0.559. The number of carbonyl (C=O) groups is 2. The summed E-state index contributed by atoms with van der Waals surface area (Å²) in [6.07, 6.45) is 1.46. The zero-order valence-corrected chi connectivity index (χ0v) is 17.7. The Bertz CT molecular complexity index is 820. The molecule has 2 aromatic carbocycles. The van der Waals surface area contributed by atoms with E-state index in [2.05, 4.69) is 5.32 Å². The Kier molecular flexibility index (Phi) is 8.37. The van der Waals surface area contributed by atoms with Gasteiger partial charge in [0.1, 0.15) is 11.9 Å². The molecule has 2 atom stereocenters. The van der Waals surface area contributed by atoms with E-state index in [1.807, 2.05) is 52.0 Å². The Labute approximate surface area is 173 Å². The van der Waals surface area contributed by atoms with Crippen molar-refractivity contribution in [3.05, 3.63) is 71.0 Å². The Morgan fingerprint density at radius 3 is 2.28 bits per heavy atom. The largest absolute Gasteiger partial charge is 0.352 e. The summed E-state index contributed by atoms with van der Waals surface area (Å²) in [5.74, 6) is -0.619. The summed E-state index contributed by atoms with van der Waals surface area (Å²) in [6, 6.07) is 13.3. The van der Waals surface area contributed by atoms with E-state index in [9.17, 15) is 14.0 Å². The van der Waals surface area contributed by atoms with Crippen LogP contribution in [0, 0.1) is 12.7 Å². The first kappa shape index (κ1) is 22.6. The molecule has 156 valence electrons. The van der Waals surface area contributed by atoms with Crippen LogP contribution in [0.15, 0.2) is 48.5 Å². The van der Waals surface area contributed by atoms with Crippen LogP contribution in [-0.4, -0.2) is 28.8 Å². The van der Waals surface area contributed by atoms with Gasteiger partial charge in [0.15, 0.2) is 0 Å². The third kappa shape index (κ3) is 6.41. The number of nitrogens with zero attached hydrogens (tertiary/aromatic N) is 1. The van der Waals surface area contributed by atoms with Crippen LogP contribution >= 0.6 is 0 Å². The van der Waals surface area contributed by atoms with Crippen LogP contribution in [0.2, 0.25) is 0 Å². The van der Waals surface area contributed by atoms with Crippen molar-refractivity contribution in [3.63, 3.8) is 0 Å². The molecule has 0 radical (unpaired) electrons. The van der Waals surface area contributed by atoms with Gasteiger partial charge in [-0.15, -0.1) is 0 Å². The molecule has 2 amide bonds. The van der Waals surface area contributed by atoms with Gasteiger partial charge in [-0.25, -0.2) is 4.39 Å². The Morgan fingerprint density at radius 2 is 1.69 bits per heavy atom. The van der Waals surface area contributed by atoms with Crippen molar-refractivity contribution in [2.75, 3.05) is 0 Å². The van der Waals surface area contributed by atoms with Crippen LogP contribution in [0.5, 0.6) is 0 Å². The molecule has 5 heteroatoms. The van der Waals surface area contributed by atoms with Crippen molar-refractivity contribution in [3.8, 4) is 0 Å². The number of halogens is 1. The summed E-state index contributed by atoms with van der Waals surface area (Å²) < 4.78 is 13.2. The molecule has 0 saturated carbocycles. The fraction of sp³-hybridized carbons (Fsp3) is 0.417. The van der Waals surface area contributed by atoms with Gasteiger partial charge < -0.3 is 10.2 Å². The van der Waals surface area contributed by atoms with Crippen molar-refractivity contribution >= 4 is 11.8 Å².